The number of aryl methyl sites for hydroxylation is 1. The molecule has 2 aromatic rings. The molecule has 4 heteroatoms. The highest BCUT2D eigenvalue weighted by Crippen LogP contribution is 2.33. The molecule has 0 bridgehead atoms. The van der Waals surface area contributed by atoms with E-state index in [9.17, 15) is 9.59 Å². The molecule has 0 amide bonds. The van der Waals surface area contributed by atoms with Gasteiger partial charge < -0.3 is 9.72 Å². The molecule has 1 aliphatic rings. The zero-order valence-corrected chi connectivity index (χ0v) is 11.4. The van der Waals surface area contributed by atoms with Crippen LogP contribution in [0.25, 0.3) is 11.3 Å². The van der Waals surface area contributed by atoms with Crippen LogP contribution in [-0.2, 0) is 11.2 Å². The number of hydrogen-bond acceptors (Lipinski definition) is 3. The molecule has 0 saturated carbocycles. The Morgan fingerprint density at radius 1 is 1.35 bits per heavy atom. The van der Waals surface area contributed by atoms with Crippen molar-refractivity contribution in [2.24, 2.45) is 0 Å². The quantitative estimate of drug-likeness (QED) is 0.727. The summed E-state index contributed by atoms with van der Waals surface area (Å²) in [6.45, 7) is 3.72. The van der Waals surface area contributed by atoms with Crippen LogP contribution in [0.1, 0.15) is 34.1 Å². The Bertz CT molecular complexity index is 759. The van der Waals surface area contributed by atoms with E-state index in [0.29, 0.717) is 17.7 Å². The number of pyridine rings is 1. The van der Waals surface area contributed by atoms with Crippen LogP contribution < -0.4 is 5.43 Å². The maximum absolute atomic E-state index is 12.5. The normalized spacial score (nSPS) is 11.9. The molecular weight excluding hydrogens is 254 g/mol. The van der Waals surface area contributed by atoms with Gasteiger partial charge in [-0.2, -0.15) is 0 Å². The van der Waals surface area contributed by atoms with E-state index in [1.165, 1.54) is 0 Å². The van der Waals surface area contributed by atoms with E-state index in [0.717, 1.165) is 16.8 Å². The van der Waals surface area contributed by atoms with Crippen LogP contribution in [0.2, 0.25) is 0 Å². The molecule has 4 nitrogen and oxygen atoms in total. The molecule has 1 N–H and O–H groups in total. The Kier molecular flexibility index (Phi) is 2.93. The van der Waals surface area contributed by atoms with Crippen LogP contribution in [-0.4, -0.2) is 17.6 Å². The van der Waals surface area contributed by atoms with E-state index < -0.39 is 5.97 Å². The molecule has 102 valence electrons. The maximum atomic E-state index is 12.5. The summed E-state index contributed by atoms with van der Waals surface area (Å²) in [6, 6.07) is 7.89. The molecule has 0 radical (unpaired) electrons. The standard InChI is InChI=1S/C16H15NO3/c1-3-20-16(19)13-9(2)17-14-11-7-5-4-6-10(11)8-12(14)15(13)18/h4-7H,3,8H2,1-2H3,(H,17,18). The van der Waals surface area contributed by atoms with Crippen LogP contribution in [0.15, 0.2) is 29.1 Å². The van der Waals surface area contributed by atoms with E-state index in [1.807, 2.05) is 24.3 Å². The number of esters is 1. The summed E-state index contributed by atoms with van der Waals surface area (Å²) in [5, 5.41) is 0. The summed E-state index contributed by atoms with van der Waals surface area (Å²) in [6.07, 6.45) is 0.563. The number of carbonyl (C=O) groups excluding carboxylic acids is 1. The first-order chi connectivity index (χ1) is 9.63. The lowest BCUT2D eigenvalue weighted by molar-refractivity contribution is 0.0523. The van der Waals surface area contributed by atoms with Gasteiger partial charge in [0.1, 0.15) is 5.56 Å². The topological polar surface area (TPSA) is 59.2 Å². The third-order valence-corrected chi connectivity index (χ3v) is 3.62. The Morgan fingerprint density at radius 3 is 2.85 bits per heavy atom. The summed E-state index contributed by atoms with van der Waals surface area (Å²) >= 11 is 0. The maximum Gasteiger partial charge on any atom is 0.343 e. The Balaban J connectivity index is 2.20. The van der Waals surface area contributed by atoms with E-state index in [4.69, 9.17) is 4.74 Å². The Morgan fingerprint density at radius 2 is 2.10 bits per heavy atom. The lowest BCUT2D eigenvalue weighted by Gasteiger charge is -2.08. The molecule has 0 spiro atoms. The van der Waals surface area contributed by atoms with Gasteiger partial charge in [-0.15, -0.1) is 0 Å². The zero-order chi connectivity index (χ0) is 14.3. The summed E-state index contributed by atoms with van der Waals surface area (Å²) in [5.41, 5.74) is 4.10. The Labute approximate surface area is 116 Å². The van der Waals surface area contributed by atoms with Crippen LogP contribution in [0.4, 0.5) is 0 Å². The lowest BCUT2D eigenvalue weighted by atomic mass is 10.1. The first kappa shape index (κ1) is 12.7. The van der Waals surface area contributed by atoms with E-state index in [2.05, 4.69) is 4.98 Å². The number of fused-ring (bicyclic) bond motifs is 3. The highest BCUT2D eigenvalue weighted by atomic mass is 16.5. The molecule has 1 heterocycles. The highest BCUT2D eigenvalue weighted by Gasteiger charge is 2.26. The monoisotopic (exact) mass is 269 g/mol. The third-order valence-electron chi connectivity index (χ3n) is 3.62. The number of H-pyrrole nitrogens is 1. The number of aromatic amines is 1. The van der Waals surface area contributed by atoms with Crippen molar-refractivity contribution < 1.29 is 9.53 Å². The van der Waals surface area contributed by atoms with Gasteiger partial charge in [0, 0.05) is 23.2 Å². The fraction of sp³-hybridized carbons (Fsp3) is 0.250. The average Bonchev–Trinajstić information content (AvgIpc) is 2.78. The molecule has 1 aliphatic carbocycles. The molecule has 0 atom stereocenters. The van der Waals surface area contributed by atoms with E-state index >= 15 is 0 Å². The minimum Gasteiger partial charge on any atom is -0.462 e. The van der Waals surface area contributed by atoms with Gasteiger partial charge in [-0.3, -0.25) is 4.79 Å². The molecule has 3 rings (SSSR count). The SMILES string of the molecule is CCOC(=O)c1c(C)[nH]c2c(c1=O)Cc1ccccc1-2. The first-order valence-electron chi connectivity index (χ1n) is 6.64. The summed E-state index contributed by atoms with van der Waals surface area (Å²) in [7, 11) is 0. The second-order valence-corrected chi connectivity index (χ2v) is 4.86. The largest absolute Gasteiger partial charge is 0.462 e. The van der Waals surface area contributed by atoms with Gasteiger partial charge in [-0.1, -0.05) is 24.3 Å². The van der Waals surface area contributed by atoms with Crippen molar-refractivity contribution in [3.63, 3.8) is 0 Å². The second kappa shape index (κ2) is 4.63. The summed E-state index contributed by atoms with van der Waals surface area (Å²) < 4.78 is 4.97. The molecule has 0 aliphatic heterocycles. The van der Waals surface area contributed by atoms with Crippen LogP contribution in [0, 0.1) is 6.92 Å². The van der Waals surface area contributed by atoms with Gasteiger partial charge in [0.2, 0.25) is 5.43 Å². The molecule has 1 aromatic heterocycles. The van der Waals surface area contributed by atoms with Gasteiger partial charge >= 0.3 is 5.97 Å². The van der Waals surface area contributed by atoms with Crippen LogP contribution in [0.5, 0.6) is 0 Å². The zero-order valence-electron chi connectivity index (χ0n) is 11.4. The number of carbonyl (C=O) groups is 1. The van der Waals surface area contributed by atoms with Crippen molar-refractivity contribution in [2.75, 3.05) is 6.61 Å². The average molecular weight is 269 g/mol. The minimum atomic E-state index is -0.551. The first-order valence-corrected chi connectivity index (χ1v) is 6.64. The number of rotatable bonds is 2. The van der Waals surface area contributed by atoms with Crippen LogP contribution >= 0.6 is 0 Å². The van der Waals surface area contributed by atoms with Crippen molar-refractivity contribution in [3.8, 4) is 11.3 Å². The van der Waals surface area contributed by atoms with Crippen LogP contribution in [0.3, 0.4) is 0 Å². The smallest absolute Gasteiger partial charge is 0.343 e. The highest BCUT2D eigenvalue weighted by molar-refractivity contribution is 5.92. The minimum absolute atomic E-state index is 0.124. The molecule has 1 aromatic carbocycles. The van der Waals surface area contributed by atoms with Crippen molar-refractivity contribution in [1.82, 2.24) is 4.98 Å². The van der Waals surface area contributed by atoms with Gasteiger partial charge in [-0.05, 0) is 19.4 Å². The van der Waals surface area contributed by atoms with E-state index in [-0.39, 0.29) is 17.6 Å². The van der Waals surface area contributed by atoms with E-state index in [1.54, 1.807) is 13.8 Å². The second-order valence-electron chi connectivity index (χ2n) is 4.86. The predicted molar refractivity (Wildman–Crippen MR) is 76.0 cm³/mol. The van der Waals surface area contributed by atoms with Gasteiger partial charge in [0.25, 0.3) is 0 Å². The predicted octanol–water partition coefficient (Wildman–Crippen LogP) is 2.43. The molecule has 20 heavy (non-hydrogen) atoms. The summed E-state index contributed by atoms with van der Waals surface area (Å²) in [4.78, 5) is 27.7. The summed E-state index contributed by atoms with van der Waals surface area (Å²) in [5.74, 6) is -0.551. The lowest BCUT2D eigenvalue weighted by Crippen LogP contribution is -2.23. The fourth-order valence-corrected chi connectivity index (χ4v) is 2.72. The number of aromatic nitrogens is 1. The van der Waals surface area contributed by atoms with Crippen molar-refractivity contribution in [1.29, 1.82) is 0 Å². The van der Waals surface area contributed by atoms with Crippen molar-refractivity contribution >= 4 is 5.97 Å². The molecule has 0 unspecified atom stereocenters. The molecule has 0 saturated heterocycles. The fourth-order valence-electron chi connectivity index (χ4n) is 2.72. The number of ether oxygens (including phenoxy) is 1. The van der Waals surface area contributed by atoms with Gasteiger partial charge in [0.15, 0.2) is 0 Å². The van der Waals surface area contributed by atoms with Crippen molar-refractivity contribution in [3.05, 3.63) is 56.9 Å². The third kappa shape index (κ3) is 1.76. The number of nitrogens with one attached hydrogen (secondary N) is 1. The van der Waals surface area contributed by atoms with Gasteiger partial charge in [0.05, 0.1) is 12.3 Å². The van der Waals surface area contributed by atoms with Crippen molar-refractivity contribution in [2.45, 2.75) is 20.3 Å². The number of hydrogen-bond donors (Lipinski definition) is 1. The Hall–Kier alpha value is -2.36. The molecular formula is C16H15NO3. The van der Waals surface area contributed by atoms with Gasteiger partial charge in [-0.25, -0.2) is 4.79 Å². The molecule has 0 fully saturated rings. The number of benzene rings is 1.